The highest BCUT2D eigenvalue weighted by Gasteiger charge is 2.18. The molecule has 0 aliphatic rings. The molecule has 0 bridgehead atoms. The van der Waals surface area contributed by atoms with E-state index in [1.807, 2.05) is 73.0 Å². The van der Waals surface area contributed by atoms with Crippen molar-refractivity contribution < 1.29 is 4.79 Å². The van der Waals surface area contributed by atoms with Crippen molar-refractivity contribution in [1.82, 2.24) is 25.2 Å². The van der Waals surface area contributed by atoms with Gasteiger partial charge in [-0.15, -0.1) is 27.8 Å². The summed E-state index contributed by atoms with van der Waals surface area (Å²) in [4.78, 5) is 19.8. The molecule has 3 heterocycles. The van der Waals surface area contributed by atoms with Crippen LogP contribution in [0.5, 0.6) is 0 Å². The molecule has 1 amide bonds. The monoisotopic (exact) mass is 458 g/mol. The van der Waals surface area contributed by atoms with Crippen molar-refractivity contribution in [2.24, 2.45) is 0 Å². The molecule has 1 N–H and O–H groups in total. The summed E-state index contributed by atoms with van der Waals surface area (Å²) in [6.45, 7) is 1.96. The molecule has 0 radical (unpaired) electrons. The molecule has 0 unspecified atom stereocenters. The van der Waals surface area contributed by atoms with Crippen molar-refractivity contribution in [2.75, 3.05) is 5.32 Å². The minimum absolute atomic E-state index is 0.0827. The molecule has 0 saturated carbocycles. The topological polar surface area (TPSA) is 85.6 Å². The lowest BCUT2D eigenvalue weighted by molar-refractivity contribution is -0.115. The molecule has 0 aliphatic heterocycles. The maximum atomic E-state index is 12.9. The van der Waals surface area contributed by atoms with Crippen LogP contribution in [0.3, 0.4) is 0 Å². The Morgan fingerprint density at radius 3 is 2.69 bits per heavy atom. The van der Waals surface area contributed by atoms with E-state index in [4.69, 9.17) is 4.98 Å². The second-order valence-corrected chi connectivity index (χ2v) is 9.15. The summed E-state index contributed by atoms with van der Waals surface area (Å²) in [5, 5.41) is 17.2. The van der Waals surface area contributed by atoms with Crippen LogP contribution in [-0.2, 0) is 11.2 Å². The van der Waals surface area contributed by atoms with Crippen molar-refractivity contribution in [3.63, 3.8) is 0 Å². The summed E-state index contributed by atoms with van der Waals surface area (Å²) in [5.74, 6) is -0.0827. The molecule has 5 rings (SSSR count). The Balaban J connectivity index is 1.38. The van der Waals surface area contributed by atoms with Crippen LogP contribution in [-0.4, -0.2) is 31.1 Å². The average Bonchev–Trinajstić information content (AvgIpc) is 3.56. The van der Waals surface area contributed by atoms with Gasteiger partial charge in [0, 0.05) is 16.1 Å². The standard InChI is InChI=1S/C23H18N6OS2/c1-15-12-17(9-10-18(15)29-14-24-27-28-29)25-21(30)13-20-22(19-8-5-11-31-19)26-23(32-20)16-6-3-2-4-7-16/h2-12,14H,13H2,1H3,(H,25,30). The zero-order valence-corrected chi connectivity index (χ0v) is 18.7. The van der Waals surface area contributed by atoms with Crippen molar-refractivity contribution in [3.8, 4) is 26.8 Å². The molecule has 5 aromatic rings. The van der Waals surface area contributed by atoms with E-state index in [1.165, 1.54) is 0 Å². The summed E-state index contributed by atoms with van der Waals surface area (Å²) in [6, 6.07) is 19.7. The molecule has 9 heteroatoms. The summed E-state index contributed by atoms with van der Waals surface area (Å²) in [6.07, 6.45) is 1.80. The van der Waals surface area contributed by atoms with Gasteiger partial charge in [-0.3, -0.25) is 4.79 Å². The first-order valence-corrected chi connectivity index (χ1v) is 11.6. The molecule has 7 nitrogen and oxygen atoms in total. The third kappa shape index (κ3) is 4.20. The van der Waals surface area contributed by atoms with Crippen LogP contribution < -0.4 is 5.32 Å². The van der Waals surface area contributed by atoms with Gasteiger partial charge in [-0.05, 0) is 52.6 Å². The fourth-order valence-corrected chi connectivity index (χ4v) is 5.28. The molecule has 0 spiro atoms. The van der Waals surface area contributed by atoms with Gasteiger partial charge in [-0.1, -0.05) is 36.4 Å². The zero-order valence-electron chi connectivity index (χ0n) is 17.1. The number of thiazole rings is 1. The van der Waals surface area contributed by atoms with Gasteiger partial charge in [-0.2, -0.15) is 0 Å². The highest BCUT2D eigenvalue weighted by Crippen LogP contribution is 2.36. The predicted molar refractivity (Wildman–Crippen MR) is 127 cm³/mol. The quantitative estimate of drug-likeness (QED) is 0.387. The Morgan fingerprint density at radius 2 is 1.97 bits per heavy atom. The number of thiophene rings is 1. The number of nitrogens with one attached hydrogen (secondary N) is 1. The van der Waals surface area contributed by atoms with Crippen LogP contribution in [0.2, 0.25) is 0 Å². The van der Waals surface area contributed by atoms with Crippen molar-refractivity contribution in [3.05, 3.63) is 82.8 Å². The number of aryl methyl sites for hydroxylation is 1. The van der Waals surface area contributed by atoms with Gasteiger partial charge in [0.15, 0.2) is 0 Å². The molecule has 158 valence electrons. The normalized spacial score (nSPS) is 10.9. The Labute approximate surface area is 192 Å². The molecular formula is C23H18N6OS2. The number of hydrogen-bond donors (Lipinski definition) is 1. The molecule has 3 aromatic heterocycles. The minimum Gasteiger partial charge on any atom is -0.326 e. The molecule has 0 saturated heterocycles. The number of carbonyl (C=O) groups is 1. The van der Waals surface area contributed by atoms with Gasteiger partial charge in [0.2, 0.25) is 5.91 Å². The Hall–Kier alpha value is -3.69. The summed E-state index contributed by atoms with van der Waals surface area (Å²) >= 11 is 3.19. The van der Waals surface area contributed by atoms with E-state index < -0.39 is 0 Å². The van der Waals surface area contributed by atoms with E-state index in [0.29, 0.717) is 0 Å². The minimum atomic E-state index is -0.0827. The predicted octanol–water partition coefficient (Wildman–Crippen LogP) is 5.00. The molecule has 0 atom stereocenters. The van der Waals surface area contributed by atoms with Crippen LogP contribution >= 0.6 is 22.7 Å². The second-order valence-electron chi connectivity index (χ2n) is 7.11. The van der Waals surface area contributed by atoms with Crippen LogP contribution in [0.1, 0.15) is 10.4 Å². The number of aromatic nitrogens is 5. The SMILES string of the molecule is Cc1cc(NC(=O)Cc2sc(-c3ccccc3)nc2-c2cccs2)ccc1-n1cnnn1. The van der Waals surface area contributed by atoms with Gasteiger partial charge in [0.1, 0.15) is 11.3 Å². The van der Waals surface area contributed by atoms with E-state index >= 15 is 0 Å². The summed E-state index contributed by atoms with van der Waals surface area (Å²) in [5.41, 5.74) is 4.48. The third-order valence-corrected chi connectivity index (χ3v) is 6.85. The number of rotatable bonds is 6. The maximum Gasteiger partial charge on any atom is 0.229 e. The van der Waals surface area contributed by atoms with Gasteiger partial charge >= 0.3 is 0 Å². The highest BCUT2D eigenvalue weighted by molar-refractivity contribution is 7.17. The Bertz CT molecular complexity index is 1340. The number of hydrogen-bond acceptors (Lipinski definition) is 7. The van der Waals surface area contributed by atoms with Crippen LogP contribution in [0.25, 0.3) is 26.8 Å². The fraction of sp³-hybridized carbons (Fsp3) is 0.0870. The number of benzene rings is 2. The smallest absolute Gasteiger partial charge is 0.229 e. The first-order chi connectivity index (χ1) is 15.7. The third-order valence-electron chi connectivity index (χ3n) is 4.87. The number of amides is 1. The van der Waals surface area contributed by atoms with Crippen molar-refractivity contribution >= 4 is 34.3 Å². The average molecular weight is 459 g/mol. The lowest BCUT2D eigenvalue weighted by Gasteiger charge is -2.09. The molecule has 32 heavy (non-hydrogen) atoms. The van der Waals surface area contributed by atoms with Crippen molar-refractivity contribution in [2.45, 2.75) is 13.3 Å². The van der Waals surface area contributed by atoms with Crippen LogP contribution in [0.15, 0.2) is 72.4 Å². The van der Waals surface area contributed by atoms with Gasteiger partial charge in [0.05, 0.1) is 22.7 Å². The number of tetrazole rings is 1. The van der Waals surface area contributed by atoms with E-state index in [9.17, 15) is 4.79 Å². The molecule has 0 aliphatic carbocycles. The zero-order chi connectivity index (χ0) is 21.9. The largest absolute Gasteiger partial charge is 0.326 e. The number of nitrogens with zero attached hydrogens (tertiary/aromatic N) is 5. The first-order valence-electron chi connectivity index (χ1n) is 9.90. The summed E-state index contributed by atoms with van der Waals surface area (Å²) < 4.78 is 1.59. The molecular weight excluding hydrogens is 440 g/mol. The first kappa shape index (κ1) is 20.2. The van der Waals surface area contributed by atoms with Crippen LogP contribution in [0, 0.1) is 6.92 Å². The second kappa shape index (κ2) is 8.81. The number of anilines is 1. The number of carbonyl (C=O) groups excluding carboxylic acids is 1. The highest BCUT2D eigenvalue weighted by atomic mass is 32.1. The summed E-state index contributed by atoms with van der Waals surface area (Å²) in [7, 11) is 0. The van der Waals surface area contributed by atoms with Crippen molar-refractivity contribution in [1.29, 1.82) is 0 Å². The molecule has 2 aromatic carbocycles. The lowest BCUT2D eigenvalue weighted by Crippen LogP contribution is -2.14. The fourth-order valence-electron chi connectivity index (χ4n) is 3.39. The van der Waals surface area contributed by atoms with Gasteiger partial charge in [0.25, 0.3) is 0 Å². The van der Waals surface area contributed by atoms with E-state index in [-0.39, 0.29) is 12.3 Å². The van der Waals surface area contributed by atoms with E-state index in [0.717, 1.165) is 43.0 Å². The van der Waals surface area contributed by atoms with Crippen LogP contribution in [0.4, 0.5) is 5.69 Å². The Morgan fingerprint density at radius 1 is 1.09 bits per heavy atom. The lowest BCUT2D eigenvalue weighted by atomic mass is 10.1. The van der Waals surface area contributed by atoms with E-state index in [2.05, 4.69) is 20.8 Å². The maximum absolute atomic E-state index is 12.9. The Kier molecular flexibility index (Phi) is 5.57. The van der Waals surface area contributed by atoms with Gasteiger partial charge < -0.3 is 5.32 Å². The van der Waals surface area contributed by atoms with Gasteiger partial charge in [-0.25, -0.2) is 9.67 Å². The van der Waals surface area contributed by atoms with E-state index in [1.54, 1.807) is 33.7 Å². The molecule has 0 fully saturated rings.